The number of benzene rings is 9. The first-order chi connectivity index (χ1) is 43.6. The number of rotatable bonds is 7. The monoisotopic (exact) mass is 1240 g/mol. The number of nitrogens with zero attached hydrogens (tertiary/aromatic N) is 3. The van der Waals surface area contributed by atoms with Crippen LogP contribution in [-0.2, 0) is 43.3 Å². The van der Waals surface area contributed by atoms with E-state index in [9.17, 15) is 0 Å². The number of thiophene rings is 1. The molecule has 0 N–H and O–H groups in total. The third-order valence-electron chi connectivity index (χ3n) is 22.2. The maximum atomic E-state index is 2.77. The molecular formula is C88H98BN3S. The molecule has 0 bridgehead atoms. The summed E-state index contributed by atoms with van der Waals surface area (Å²) in [6, 6.07) is 72.2. The molecule has 474 valence electrons. The summed E-state index contributed by atoms with van der Waals surface area (Å²) < 4.78 is 2.73. The Balaban J connectivity index is 1.12. The zero-order valence-corrected chi connectivity index (χ0v) is 60.3. The van der Waals surface area contributed by atoms with E-state index in [0.29, 0.717) is 0 Å². The van der Waals surface area contributed by atoms with E-state index in [1.165, 1.54) is 127 Å². The Bertz CT molecular complexity index is 4620. The van der Waals surface area contributed by atoms with E-state index in [1.807, 2.05) is 11.3 Å². The molecule has 1 aromatic heterocycles. The minimum absolute atomic E-state index is 0.0172. The Hall–Kier alpha value is -7.60. The molecule has 0 saturated carbocycles. The highest BCUT2D eigenvalue weighted by Crippen LogP contribution is 2.58. The van der Waals surface area contributed by atoms with Crippen molar-refractivity contribution in [3.8, 4) is 22.3 Å². The van der Waals surface area contributed by atoms with E-state index in [4.69, 9.17) is 0 Å². The second kappa shape index (κ2) is 21.5. The third-order valence-corrected chi connectivity index (χ3v) is 23.4. The molecule has 93 heavy (non-hydrogen) atoms. The minimum atomic E-state index is -0.106. The Labute approximate surface area is 562 Å². The van der Waals surface area contributed by atoms with Crippen molar-refractivity contribution in [3.05, 3.63) is 226 Å². The van der Waals surface area contributed by atoms with Gasteiger partial charge in [0.1, 0.15) is 0 Å². The molecule has 3 nitrogen and oxygen atoms in total. The van der Waals surface area contributed by atoms with Crippen molar-refractivity contribution in [2.24, 2.45) is 0 Å². The van der Waals surface area contributed by atoms with Crippen molar-refractivity contribution >= 4 is 95.0 Å². The maximum Gasteiger partial charge on any atom is 0.264 e. The Morgan fingerprint density at radius 2 is 0.892 bits per heavy atom. The summed E-state index contributed by atoms with van der Waals surface area (Å²) in [5.41, 5.74) is 29.5. The van der Waals surface area contributed by atoms with Gasteiger partial charge < -0.3 is 14.7 Å². The normalized spacial score (nSPS) is 16.9. The van der Waals surface area contributed by atoms with Crippen molar-refractivity contribution in [2.45, 2.75) is 207 Å². The molecule has 4 aliphatic rings. The number of anilines is 9. The molecule has 0 saturated heterocycles. The van der Waals surface area contributed by atoms with Gasteiger partial charge >= 0.3 is 0 Å². The van der Waals surface area contributed by atoms with Crippen molar-refractivity contribution in [3.63, 3.8) is 0 Å². The molecule has 0 unspecified atom stereocenters. The van der Waals surface area contributed by atoms with E-state index >= 15 is 0 Å². The van der Waals surface area contributed by atoms with Crippen molar-refractivity contribution in [1.82, 2.24) is 0 Å². The summed E-state index contributed by atoms with van der Waals surface area (Å²) in [7, 11) is 0. The fraction of sp³-hybridized carbons (Fsp3) is 0.364. The molecule has 9 aromatic carbocycles. The Morgan fingerprint density at radius 3 is 1.53 bits per heavy atom. The molecule has 2 aliphatic carbocycles. The van der Waals surface area contributed by atoms with Crippen LogP contribution in [0.3, 0.4) is 0 Å². The lowest BCUT2D eigenvalue weighted by atomic mass is 9.36. The summed E-state index contributed by atoms with van der Waals surface area (Å²) in [5.74, 6) is 0. The van der Waals surface area contributed by atoms with Gasteiger partial charge in [-0.3, -0.25) is 0 Å². The van der Waals surface area contributed by atoms with E-state index in [0.717, 1.165) is 42.7 Å². The van der Waals surface area contributed by atoms with Crippen LogP contribution < -0.4 is 30.4 Å². The molecule has 3 heterocycles. The lowest BCUT2D eigenvalue weighted by molar-refractivity contribution is 0.332. The molecule has 5 heteroatoms. The molecule has 0 spiro atoms. The number of hydrogen-bond donors (Lipinski definition) is 0. The highest BCUT2D eigenvalue weighted by atomic mass is 32.1. The predicted molar refractivity (Wildman–Crippen MR) is 407 cm³/mol. The van der Waals surface area contributed by atoms with E-state index in [1.54, 1.807) is 0 Å². The highest BCUT2D eigenvalue weighted by Gasteiger charge is 2.49. The van der Waals surface area contributed by atoms with Gasteiger partial charge in [-0.1, -0.05) is 242 Å². The molecule has 14 rings (SSSR count). The summed E-state index contributed by atoms with van der Waals surface area (Å²) in [4.78, 5) is 8.07. The second-order valence-electron chi connectivity index (χ2n) is 34.8. The SMILES string of the molecule is CC(C)(C)c1ccc(N(c2ccc3c(c2)N(c2ccc(C(C)(C)C)cc2-c2cccc4c2C(C)(C)CCC4(C)C)c2cccc4c2B3c2sc3ccc(C(C)(C)C)cc3c2N4c2cccc3c2C(C)(C)CCC3(C)C)c2ccc(C(C)(C)C)cc2-c2ccccc2)cc1. The first-order valence-electron chi connectivity index (χ1n) is 34.6. The van der Waals surface area contributed by atoms with E-state index < -0.39 is 0 Å². The van der Waals surface area contributed by atoms with Crippen LogP contribution in [0, 0.1) is 0 Å². The summed E-state index contributed by atoms with van der Waals surface area (Å²) in [6.45, 7) is 48.1. The average molecular weight is 1240 g/mol. The van der Waals surface area contributed by atoms with Gasteiger partial charge in [-0.25, -0.2) is 0 Å². The summed E-state index contributed by atoms with van der Waals surface area (Å²) in [6.07, 6.45) is 4.55. The van der Waals surface area contributed by atoms with Crippen LogP contribution in [0.2, 0.25) is 0 Å². The average Bonchev–Trinajstić information content (AvgIpc) is 1.68. The number of fused-ring (bicyclic) bond motifs is 8. The summed E-state index contributed by atoms with van der Waals surface area (Å²) in [5, 5.41) is 1.33. The smallest absolute Gasteiger partial charge is 0.264 e. The van der Waals surface area contributed by atoms with Crippen LogP contribution >= 0.6 is 11.3 Å². The number of hydrogen-bond acceptors (Lipinski definition) is 4. The van der Waals surface area contributed by atoms with Gasteiger partial charge in [-0.05, 0) is 214 Å². The van der Waals surface area contributed by atoms with Crippen LogP contribution in [0.25, 0.3) is 32.3 Å². The van der Waals surface area contributed by atoms with E-state index in [-0.39, 0.29) is 50.0 Å². The van der Waals surface area contributed by atoms with Crippen LogP contribution in [0.15, 0.2) is 182 Å². The predicted octanol–water partition coefficient (Wildman–Crippen LogP) is 23.7. The van der Waals surface area contributed by atoms with Gasteiger partial charge in [-0.2, -0.15) is 0 Å². The summed E-state index contributed by atoms with van der Waals surface area (Å²) >= 11 is 2.01. The van der Waals surface area contributed by atoms with Gasteiger partial charge in [-0.15, -0.1) is 11.3 Å². The van der Waals surface area contributed by atoms with E-state index in [2.05, 4.69) is 335 Å². The molecule has 10 aromatic rings. The fourth-order valence-electron chi connectivity index (χ4n) is 16.4. The van der Waals surface area contributed by atoms with Gasteiger partial charge in [0.25, 0.3) is 6.71 Å². The second-order valence-corrected chi connectivity index (χ2v) is 35.8. The first kappa shape index (κ1) is 62.8. The fourth-order valence-corrected chi connectivity index (χ4v) is 17.7. The third kappa shape index (κ3) is 10.4. The van der Waals surface area contributed by atoms with Crippen LogP contribution in [0.4, 0.5) is 51.2 Å². The molecule has 0 fully saturated rings. The van der Waals surface area contributed by atoms with Crippen LogP contribution in [0.1, 0.15) is 209 Å². The van der Waals surface area contributed by atoms with Crippen LogP contribution in [0.5, 0.6) is 0 Å². The molecule has 0 amide bonds. The van der Waals surface area contributed by atoms with Gasteiger partial charge in [0.05, 0.1) is 22.7 Å². The van der Waals surface area contributed by atoms with Gasteiger partial charge in [0, 0.05) is 54.4 Å². The molecule has 0 radical (unpaired) electrons. The quantitative estimate of drug-likeness (QED) is 0.147. The lowest BCUT2D eigenvalue weighted by Crippen LogP contribution is -2.60. The Morgan fingerprint density at radius 1 is 0.387 bits per heavy atom. The van der Waals surface area contributed by atoms with Crippen molar-refractivity contribution in [1.29, 1.82) is 0 Å². The zero-order valence-electron chi connectivity index (χ0n) is 59.5. The molecule has 2 aliphatic heterocycles. The van der Waals surface area contributed by atoms with Crippen molar-refractivity contribution in [2.75, 3.05) is 14.7 Å². The first-order valence-corrected chi connectivity index (χ1v) is 35.4. The van der Waals surface area contributed by atoms with Gasteiger partial charge in [0.2, 0.25) is 0 Å². The largest absolute Gasteiger partial charge is 0.311 e. The molecule has 0 atom stereocenters. The van der Waals surface area contributed by atoms with Crippen molar-refractivity contribution < 1.29 is 0 Å². The zero-order chi connectivity index (χ0) is 66.1. The highest BCUT2D eigenvalue weighted by molar-refractivity contribution is 7.33. The van der Waals surface area contributed by atoms with Crippen LogP contribution in [-0.4, -0.2) is 6.71 Å². The lowest BCUT2D eigenvalue weighted by Gasteiger charge is -2.47. The van der Waals surface area contributed by atoms with Gasteiger partial charge in [0.15, 0.2) is 0 Å². The Kier molecular flexibility index (Phi) is 14.5. The standard InChI is InChI=1S/C88H98BN3S/c1-81(2,3)56-35-40-60(41-36-56)90(69-44-37-57(82(4,5)6)51-63(69)55-27-22-21-23-28-55)61-42-43-68-74(54-61)91(70-45-38-58(83(7,8)9)52-64(70)62-29-24-30-66-76(62)87(17,18)49-47-85(66,13)14)72-33-26-34-73-78(72)89(68)80-79(65-53-59(84(10,11)12)39-46-75(65)93-80)92(73)71-32-25-31-67-77(71)88(19,20)50-48-86(67,15)16/h21-46,51-54H,47-50H2,1-20H3. The molecular weight excluding hydrogens is 1140 g/mol. The maximum absolute atomic E-state index is 2.77. The minimum Gasteiger partial charge on any atom is -0.311 e. The topological polar surface area (TPSA) is 9.72 Å².